The van der Waals surface area contributed by atoms with E-state index in [4.69, 9.17) is 21.3 Å². The van der Waals surface area contributed by atoms with Crippen LogP contribution in [0, 0.1) is 20.8 Å². The van der Waals surface area contributed by atoms with E-state index in [-0.39, 0.29) is 12.3 Å². The van der Waals surface area contributed by atoms with Gasteiger partial charge in [0, 0.05) is 6.20 Å². The predicted molar refractivity (Wildman–Crippen MR) is 131 cm³/mol. The summed E-state index contributed by atoms with van der Waals surface area (Å²) in [7, 11) is 1.60. The molecule has 0 spiro atoms. The van der Waals surface area contributed by atoms with Gasteiger partial charge in [-0.25, -0.2) is 4.98 Å². The van der Waals surface area contributed by atoms with Crippen LogP contribution in [0.25, 0.3) is 10.2 Å². The first-order chi connectivity index (χ1) is 15.4. The Balaban J connectivity index is 1.77. The second kappa shape index (κ2) is 9.27. The highest BCUT2D eigenvalue weighted by Crippen LogP contribution is 2.39. The highest BCUT2D eigenvalue weighted by molar-refractivity contribution is 7.23. The first kappa shape index (κ1) is 22.2. The lowest BCUT2D eigenvalue weighted by atomic mass is 9.97. The van der Waals surface area contributed by atoms with Crippen LogP contribution >= 0.6 is 22.9 Å². The van der Waals surface area contributed by atoms with Crippen LogP contribution in [0.2, 0.25) is 5.02 Å². The summed E-state index contributed by atoms with van der Waals surface area (Å²) in [6.07, 6.45) is 2.01. The molecule has 164 valence electrons. The van der Waals surface area contributed by atoms with Crippen LogP contribution in [-0.2, 0) is 17.8 Å². The van der Waals surface area contributed by atoms with Crippen molar-refractivity contribution < 1.29 is 9.53 Å². The van der Waals surface area contributed by atoms with Gasteiger partial charge in [0.25, 0.3) is 0 Å². The molecule has 0 bridgehead atoms. The summed E-state index contributed by atoms with van der Waals surface area (Å²) in [4.78, 5) is 24.5. The van der Waals surface area contributed by atoms with E-state index in [1.807, 2.05) is 32.0 Å². The van der Waals surface area contributed by atoms with Gasteiger partial charge in [0.15, 0.2) is 5.13 Å². The molecule has 2 aromatic carbocycles. The molecule has 32 heavy (non-hydrogen) atoms. The molecule has 0 unspecified atom stereocenters. The largest absolute Gasteiger partial charge is 0.494 e. The van der Waals surface area contributed by atoms with Gasteiger partial charge in [-0.2, -0.15) is 0 Å². The van der Waals surface area contributed by atoms with E-state index in [1.54, 1.807) is 30.3 Å². The van der Waals surface area contributed by atoms with Crippen molar-refractivity contribution >= 4 is 44.2 Å². The number of methoxy groups -OCH3 is 1. The van der Waals surface area contributed by atoms with E-state index in [0.717, 1.165) is 27.1 Å². The smallest absolute Gasteiger partial charge is 0.233 e. The second-order valence-electron chi connectivity index (χ2n) is 7.78. The molecular formula is C25H24ClN3O2S. The molecule has 0 saturated heterocycles. The molecule has 0 fully saturated rings. The normalized spacial score (nSPS) is 11.0. The number of carbonyl (C=O) groups is 1. The van der Waals surface area contributed by atoms with Crippen molar-refractivity contribution in [3.05, 3.63) is 81.6 Å². The van der Waals surface area contributed by atoms with Crippen molar-refractivity contribution in [2.45, 2.75) is 33.7 Å². The van der Waals surface area contributed by atoms with Crippen LogP contribution in [0.15, 0.2) is 48.7 Å². The fourth-order valence-electron chi connectivity index (χ4n) is 3.87. The number of hydrogen-bond donors (Lipinski definition) is 0. The molecule has 0 aliphatic carbocycles. The number of pyridine rings is 1. The van der Waals surface area contributed by atoms with E-state index in [9.17, 15) is 4.79 Å². The van der Waals surface area contributed by atoms with Crippen molar-refractivity contribution in [1.82, 2.24) is 9.97 Å². The average molecular weight is 466 g/mol. The highest BCUT2D eigenvalue weighted by atomic mass is 35.5. The molecule has 2 heterocycles. The Kier molecular flexibility index (Phi) is 6.44. The summed E-state index contributed by atoms with van der Waals surface area (Å²) in [6, 6.07) is 13.5. The third kappa shape index (κ3) is 4.47. The van der Waals surface area contributed by atoms with Crippen LogP contribution in [0.5, 0.6) is 5.75 Å². The van der Waals surface area contributed by atoms with Crippen molar-refractivity contribution in [3.8, 4) is 5.75 Å². The SMILES string of the molecule is COc1ccc(Cl)c2sc(N(Cc3ccccn3)C(=O)Cc3c(C)cc(C)cc3C)nc12. The zero-order chi connectivity index (χ0) is 22.8. The number of ether oxygens (including phenoxy) is 1. The molecular weight excluding hydrogens is 442 g/mol. The van der Waals surface area contributed by atoms with E-state index in [0.29, 0.717) is 28.0 Å². The van der Waals surface area contributed by atoms with E-state index >= 15 is 0 Å². The maximum atomic E-state index is 13.6. The fraction of sp³-hybridized carbons (Fsp3) is 0.240. The lowest BCUT2D eigenvalue weighted by Gasteiger charge is -2.21. The fourth-order valence-corrected chi connectivity index (χ4v) is 5.15. The number of rotatable bonds is 6. The summed E-state index contributed by atoms with van der Waals surface area (Å²) in [5, 5.41) is 1.16. The van der Waals surface area contributed by atoms with Gasteiger partial charge in [0.05, 0.1) is 35.5 Å². The molecule has 1 amide bonds. The van der Waals surface area contributed by atoms with Gasteiger partial charge in [-0.3, -0.25) is 14.7 Å². The summed E-state index contributed by atoms with van der Waals surface area (Å²) in [5.41, 5.74) is 5.90. The van der Waals surface area contributed by atoms with Crippen molar-refractivity contribution in [2.75, 3.05) is 12.0 Å². The van der Waals surface area contributed by atoms with Gasteiger partial charge in [0.2, 0.25) is 5.91 Å². The topological polar surface area (TPSA) is 55.3 Å². The minimum absolute atomic E-state index is 0.0418. The third-order valence-corrected chi connectivity index (χ3v) is 6.95. The van der Waals surface area contributed by atoms with Crippen LogP contribution in [0.1, 0.15) is 27.9 Å². The Hall–Kier alpha value is -2.96. The van der Waals surface area contributed by atoms with E-state index in [2.05, 4.69) is 24.0 Å². The van der Waals surface area contributed by atoms with Crippen LogP contribution in [0.4, 0.5) is 5.13 Å². The zero-order valence-electron chi connectivity index (χ0n) is 18.5. The van der Waals surface area contributed by atoms with Crippen LogP contribution in [0.3, 0.4) is 0 Å². The van der Waals surface area contributed by atoms with Gasteiger partial charge < -0.3 is 4.74 Å². The zero-order valence-corrected chi connectivity index (χ0v) is 20.0. The number of fused-ring (bicyclic) bond motifs is 1. The molecule has 0 radical (unpaired) electrons. The summed E-state index contributed by atoms with van der Waals surface area (Å²) < 4.78 is 6.26. The molecule has 0 aliphatic rings. The Labute approximate surface area is 196 Å². The number of amides is 1. The number of benzene rings is 2. The molecule has 0 atom stereocenters. The second-order valence-corrected chi connectivity index (χ2v) is 9.16. The van der Waals surface area contributed by atoms with Gasteiger partial charge >= 0.3 is 0 Å². The monoisotopic (exact) mass is 465 g/mol. The number of aromatic nitrogens is 2. The van der Waals surface area contributed by atoms with Gasteiger partial charge in [-0.15, -0.1) is 0 Å². The van der Waals surface area contributed by atoms with Crippen molar-refractivity contribution in [3.63, 3.8) is 0 Å². The predicted octanol–water partition coefficient (Wildman–Crippen LogP) is 6.05. The number of aryl methyl sites for hydroxylation is 3. The Morgan fingerprint density at radius 3 is 2.53 bits per heavy atom. The maximum absolute atomic E-state index is 13.6. The number of nitrogens with zero attached hydrogens (tertiary/aromatic N) is 3. The summed E-state index contributed by atoms with van der Waals surface area (Å²) >= 11 is 7.81. The number of halogens is 1. The number of thiazole rings is 1. The minimum Gasteiger partial charge on any atom is -0.494 e. The maximum Gasteiger partial charge on any atom is 0.233 e. The highest BCUT2D eigenvalue weighted by Gasteiger charge is 2.24. The first-order valence-corrected chi connectivity index (χ1v) is 11.5. The number of anilines is 1. The number of carbonyl (C=O) groups excluding carboxylic acids is 1. The summed E-state index contributed by atoms with van der Waals surface area (Å²) in [5.74, 6) is 0.585. The van der Waals surface area contributed by atoms with Gasteiger partial charge in [-0.1, -0.05) is 46.7 Å². The molecule has 4 aromatic rings. The van der Waals surface area contributed by atoms with E-state index < -0.39 is 0 Å². The molecule has 2 aromatic heterocycles. The molecule has 0 saturated carbocycles. The Bertz CT molecular complexity index is 1260. The molecule has 0 N–H and O–H groups in total. The van der Waals surface area contributed by atoms with Crippen LogP contribution in [-0.4, -0.2) is 23.0 Å². The molecule has 5 nitrogen and oxygen atoms in total. The Morgan fingerprint density at radius 2 is 1.88 bits per heavy atom. The lowest BCUT2D eigenvalue weighted by Crippen LogP contribution is -2.32. The van der Waals surface area contributed by atoms with Gasteiger partial charge in [-0.05, 0) is 61.7 Å². The van der Waals surface area contributed by atoms with E-state index in [1.165, 1.54) is 16.9 Å². The quantitative estimate of drug-likeness (QED) is 0.347. The van der Waals surface area contributed by atoms with Gasteiger partial charge in [0.1, 0.15) is 11.3 Å². The number of hydrogen-bond acceptors (Lipinski definition) is 5. The summed E-state index contributed by atoms with van der Waals surface area (Å²) in [6.45, 7) is 6.49. The Morgan fingerprint density at radius 1 is 1.12 bits per heavy atom. The standard InChI is InChI=1S/C25H24ClN3O2S/c1-15-11-16(2)19(17(3)12-15)13-22(30)29(14-18-7-5-6-10-27-18)25-28-23-21(31-4)9-8-20(26)24(23)32-25/h5-12H,13-14H2,1-4H3. The van der Waals surface area contributed by atoms with Crippen LogP contribution < -0.4 is 9.64 Å². The minimum atomic E-state index is -0.0418. The average Bonchev–Trinajstić information content (AvgIpc) is 3.21. The molecule has 4 rings (SSSR count). The molecule has 0 aliphatic heterocycles. The van der Waals surface area contributed by atoms with Crippen molar-refractivity contribution in [1.29, 1.82) is 0 Å². The lowest BCUT2D eigenvalue weighted by molar-refractivity contribution is -0.118. The first-order valence-electron chi connectivity index (χ1n) is 10.3. The molecule has 7 heteroatoms. The third-order valence-electron chi connectivity index (χ3n) is 5.41. The van der Waals surface area contributed by atoms with Crippen molar-refractivity contribution in [2.24, 2.45) is 0 Å².